The maximum absolute atomic E-state index is 5.74. The second-order valence-corrected chi connectivity index (χ2v) is 6.04. The van der Waals surface area contributed by atoms with Gasteiger partial charge in [-0.1, -0.05) is 0 Å². The molecule has 0 bridgehead atoms. The van der Waals surface area contributed by atoms with Gasteiger partial charge in [-0.25, -0.2) is 4.98 Å². The molecular formula is C13H20N4S. The van der Waals surface area contributed by atoms with Crippen molar-refractivity contribution >= 4 is 22.1 Å². The summed E-state index contributed by atoms with van der Waals surface area (Å²) in [6.07, 6.45) is 5.70. The highest BCUT2D eigenvalue weighted by Gasteiger charge is 2.32. The number of hydrogen-bond donors (Lipinski definition) is 1. The van der Waals surface area contributed by atoms with Gasteiger partial charge in [0.2, 0.25) is 0 Å². The van der Waals surface area contributed by atoms with Gasteiger partial charge in [0, 0.05) is 31.1 Å². The maximum Gasteiger partial charge on any atom is 0.195 e. The predicted octanol–water partition coefficient (Wildman–Crippen LogP) is 2.13. The number of aromatic nitrogens is 2. The Balaban J connectivity index is 1.98. The highest BCUT2D eigenvalue weighted by molar-refractivity contribution is 7.15. The summed E-state index contributed by atoms with van der Waals surface area (Å²) in [4.78, 5) is 8.18. The van der Waals surface area contributed by atoms with Crippen molar-refractivity contribution in [3.8, 4) is 0 Å². The third-order valence-corrected chi connectivity index (χ3v) is 4.73. The molecule has 3 rings (SSSR count). The molecular weight excluding hydrogens is 244 g/mol. The second-order valence-electron chi connectivity index (χ2n) is 5.17. The number of imidazole rings is 1. The number of hydrogen-bond acceptors (Lipinski definition) is 4. The molecule has 0 aliphatic heterocycles. The van der Waals surface area contributed by atoms with E-state index in [9.17, 15) is 0 Å². The Bertz CT molecular complexity index is 540. The van der Waals surface area contributed by atoms with Crippen LogP contribution in [0.25, 0.3) is 4.96 Å². The van der Waals surface area contributed by atoms with E-state index in [1.54, 1.807) is 11.3 Å². The van der Waals surface area contributed by atoms with E-state index in [1.807, 2.05) is 0 Å². The third kappa shape index (κ3) is 1.91. The minimum atomic E-state index is 0.575. The molecule has 0 radical (unpaired) electrons. The van der Waals surface area contributed by atoms with Crippen molar-refractivity contribution in [3.05, 3.63) is 17.3 Å². The molecule has 2 heterocycles. The van der Waals surface area contributed by atoms with E-state index in [2.05, 4.69) is 34.8 Å². The Morgan fingerprint density at radius 2 is 2.39 bits per heavy atom. The average Bonchev–Trinajstić information content (AvgIpc) is 3.02. The van der Waals surface area contributed by atoms with Gasteiger partial charge in [0.15, 0.2) is 10.8 Å². The van der Waals surface area contributed by atoms with Crippen LogP contribution in [0.5, 0.6) is 0 Å². The summed E-state index contributed by atoms with van der Waals surface area (Å²) in [6.45, 7) is 2.97. The molecule has 2 aromatic rings. The number of anilines is 1. The van der Waals surface area contributed by atoms with Crippen molar-refractivity contribution in [3.63, 3.8) is 0 Å². The Hall–Kier alpha value is -1.07. The molecule has 1 fully saturated rings. The van der Waals surface area contributed by atoms with E-state index in [0.29, 0.717) is 12.6 Å². The van der Waals surface area contributed by atoms with E-state index in [0.717, 1.165) is 23.1 Å². The third-order valence-electron chi connectivity index (χ3n) is 3.97. The van der Waals surface area contributed by atoms with E-state index in [1.165, 1.54) is 18.5 Å². The zero-order valence-electron chi connectivity index (χ0n) is 11.0. The van der Waals surface area contributed by atoms with Gasteiger partial charge in [0.25, 0.3) is 0 Å². The number of nitrogens with two attached hydrogens (primary N) is 1. The van der Waals surface area contributed by atoms with Crippen LogP contribution >= 0.6 is 11.3 Å². The number of thiazole rings is 1. The van der Waals surface area contributed by atoms with Gasteiger partial charge in [0.1, 0.15) is 0 Å². The first-order valence-electron chi connectivity index (χ1n) is 6.59. The fourth-order valence-electron chi connectivity index (χ4n) is 2.56. The van der Waals surface area contributed by atoms with Crippen LogP contribution in [0.2, 0.25) is 0 Å². The van der Waals surface area contributed by atoms with E-state index in [4.69, 9.17) is 10.7 Å². The molecule has 1 aliphatic rings. The summed E-state index contributed by atoms with van der Waals surface area (Å²) >= 11 is 1.69. The van der Waals surface area contributed by atoms with E-state index in [-0.39, 0.29) is 0 Å². The van der Waals surface area contributed by atoms with Crippen molar-refractivity contribution in [1.82, 2.24) is 9.38 Å². The molecule has 0 spiro atoms. The first-order chi connectivity index (χ1) is 8.72. The molecule has 0 amide bonds. The molecule has 1 aliphatic carbocycles. The van der Waals surface area contributed by atoms with Crippen LogP contribution in [0.15, 0.2) is 11.6 Å². The number of rotatable bonds is 5. The molecule has 0 aromatic carbocycles. The van der Waals surface area contributed by atoms with E-state index >= 15 is 0 Å². The summed E-state index contributed by atoms with van der Waals surface area (Å²) in [5.41, 5.74) is 6.99. The predicted molar refractivity (Wildman–Crippen MR) is 76.4 cm³/mol. The molecule has 2 N–H and O–H groups in total. The van der Waals surface area contributed by atoms with Gasteiger partial charge >= 0.3 is 0 Å². The zero-order chi connectivity index (χ0) is 12.7. The highest BCUT2D eigenvalue weighted by Crippen LogP contribution is 2.37. The summed E-state index contributed by atoms with van der Waals surface area (Å²) in [5.74, 6) is 1.96. The summed E-state index contributed by atoms with van der Waals surface area (Å²) < 4.78 is 2.18. The summed E-state index contributed by atoms with van der Waals surface area (Å²) in [6, 6.07) is 0.575. The maximum atomic E-state index is 5.74. The minimum absolute atomic E-state index is 0.575. The van der Waals surface area contributed by atoms with Gasteiger partial charge in [-0.2, -0.15) is 0 Å². The quantitative estimate of drug-likeness (QED) is 0.900. The van der Waals surface area contributed by atoms with Crippen molar-refractivity contribution in [1.29, 1.82) is 0 Å². The van der Waals surface area contributed by atoms with Crippen LogP contribution in [0, 0.1) is 5.92 Å². The van der Waals surface area contributed by atoms with Crippen LogP contribution in [0.1, 0.15) is 25.5 Å². The standard InChI is InChI=1S/C13H20N4S/c1-9(10-3-4-10)16(2)12-11(5-6-14)17-7-8-18-13(17)15-12/h7-10H,3-6,14H2,1-2H3. The first-order valence-corrected chi connectivity index (χ1v) is 7.47. The number of fused-ring (bicyclic) bond motifs is 1. The average molecular weight is 264 g/mol. The molecule has 18 heavy (non-hydrogen) atoms. The minimum Gasteiger partial charge on any atom is -0.355 e. The largest absolute Gasteiger partial charge is 0.355 e. The van der Waals surface area contributed by atoms with Gasteiger partial charge in [-0.3, -0.25) is 4.40 Å². The second kappa shape index (κ2) is 4.55. The Morgan fingerprint density at radius 3 is 3.06 bits per heavy atom. The van der Waals surface area contributed by atoms with Crippen molar-refractivity contribution < 1.29 is 0 Å². The van der Waals surface area contributed by atoms with Crippen LogP contribution in [-0.4, -0.2) is 29.0 Å². The van der Waals surface area contributed by atoms with Gasteiger partial charge in [-0.15, -0.1) is 11.3 Å². The number of nitrogens with zero attached hydrogens (tertiary/aromatic N) is 3. The first kappa shape index (κ1) is 12.0. The SMILES string of the molecule is CC(C1CC1)N(C)c1nc2sccn2c1CCN. The molecule has 1 atom stereocenters. The van der Waals surface area contributed by atoms with E-state index < -0.39 is 0 Å². The van der Waals surface area contributed by atoms with Crippen LogP contribution in [0.3, 0.4) is 0 Å². The van der Waals surface area contributed by atoms with Crippen molar-refractivity contribution in [2.24, 2.45) is 11.7 Å². The van der Waals surface area contributed by atoms with Crippen LogP contribution < -0.4 is 10.6 Å². The molecule has 2 aromatic heterocycles. The Labute approximate surface area is 111 Å². The molecule has 5 heteroatoms. The molecule has 0 saturated heterocycles. The molecule has 98 valence electrons. The monoisotopic (exact) mass is 264 g/mol. The fourth-order valence-corrected chi connectivity index (χ4v) is 3.29. The lowest BCUT2D eigenvalue weighted by molar-refractivity contribution is 0.602. The van der Waals surface area contributed by atoms with Crippen molar-refractivity contribution in [2.75, 3.05) is 18.5 Å². The topological polar surface area (TPSA) is 46.6 Å². The highest BCUT2D eigenvalue weighted by atomic mass is 32.1. The Kier molecular flexibility index (Phi) is 3.03. The van der Waals surface area contributed by atoms with Gasteiger partial charge in [-0.05, 0) is 32.2 Å². The molecule has 1 unspecified atom stereocenters. The Morgan fingerprint density at radius 1 is 1.61 bits per heavy atom. The summed E-state index contributed by atoms with van der Waals surface area (Å²) in [7, 11) is 2.16. The van der Waals surface area contributed by atoms with Crippen LogP contribution in [0.4, 0.5) is 5.82 Å². The lowest BCUT2D eigenvalue weighted by atomic mass is 10.2. The van der Waals surface area contributed by atoms with Gasteiger partial charge < -0.3 is 10.6 Å². The normalized spacial score (nSPS) is 17.3. The lowest BCUT2D eigenvalue weighted by Gasteiger charge is -2.26. The van der Waals surface area contributed by atoms with Crippen LogP contribution in [-0.2, 0) is 6.42 Å². The fraction of sp³-hybridized carbons (Fsp3) is 0.615. The smallest absolute Gasteiger partial charge is 0.195 e. The summed E-state index contributed by atoms with van der Waals surface area (Å²) in [5, 5.41) is 2.08. The van der Waals surface area contributed by atoms with Gasteiger partial charge in [0.05, 0.1) is 5.69 Å². The molecule has 1 saturated carbocycles. The van der Waals surface area contributed by atoms with Crippen molar-refractivity contribution in [2.45, 2.75) is 32.2 Å². The zero-order valence-corrected chi connectivity index (χ0v) is 11.8. The molecule has 4 nitrogen and oxygen atoms in total. The lowest BCUT2D eigenvalue weighted by Crippen LogP contribution is -2.31.